The Morgan fingerprint density at radius 1 is 1.11 bits per heavy atom. The monoisotopic (exact) mass is 259 g/mol. The molecule has 0 radical (unpaired) electrons. The molecule has 1 aliphatic carbocycles. The first-order chi connectivity index (χ1) is 9.35. The molecule has 0 aliphatic heterocycles. The van der Waals surface area contributed by atoms with Crippen LogP contribution in [0.25, 0.3) is 0 Å². The average Bonchev–Trinajstić information content (AvgIpc) is 2.97. The van der Waals surface area contributed by atoms with Crippen LogP contribution in [0, 0.1) is 5.92 Å². The van der Waals surface area contributed by atoms with Gasteiger partial charge in [0.25, 0.3) is 0 Å². The van der Waals surface area contributed by atoms with Crippen molar-refractivity contribution in [2.24, 2.45) is 5.92 Å². The topological polar surface area (TPSA) is 12.0 Å². The molecule has 1 aromatic carbocycles. The van der Waals surface area contributed by atoms with Crippen molar-refractivity contribution in [3.8, 4) is 0 Å². The Kier molecular flexibility index (Phi) is 5.91. The van der Waals surface area contributed by atoms with Gasteiger partial charge < -0.3 is 5.32 Å². The second kappa shape index (κ2) is 7.69. The van der Waals surface area contributed by atoms with Gasteiger partial charge in [-0.25, -0.2) is 0 Å². The Morgan fingerprint density at radius 2 is 1.79 bits per heavy atom. The highest BCUT2D eigenvalue weighted by atomic mass is 14.9. The summed E-state index contributed by atoms with van der Waals surface area (Å²) in [6.07, 6.45) is 9.45. The zero-order valence-corrected chi connectivity index (χ0v) is 12.6. The molecule has 1 saturated carbocycles. The Balaban J connectivity index is 2.03. The summed E-state index contributed by atoms with van der Waals surface area (Å²) in [5.74, 6) is 0.849. The predicted octanol–water partition coefficient (Wildman–Crippen LogP) is 4.87. The summed E-state index contributed by atoms with van der Waals surface area (Å²) in [5.41, 5.74) is 2.99. The maximum Gasteiger partial charge on any atom is 0.0348 e. The third-order valence-electron chi connectivity index (χ3n) is 4.45. The SMILES string of the molecule is CCCCc1ccc(C(NCC)C2CCCC2)cc1. The van der Waals surface area contributed by atoms with Gasteiger partial charge in [0, 0.05) is 6.04 Å². The maximum absolute atomic E-state index is 3.70. The first-order valence-electron chi connectivity index (χ1n) is 8.17. The van der Waals surface area contributed by atoms with E-state index in [1.165, 1.54) is 56.1 Å². The zero-order valence-electron chi connectivity index (χ0n) is 12.6. The molecular weight excluding hydrogens is 230 g/mol. The largest absolute Gasteiger partial charge is 0.310 e. The van der Waals surface area contributed by atoms with E-state index in [-0.39, 0.29) is 0 Å². The van der Waals surface area contributed by atoms with Crippen LogP contribution >= 0.6 is 0 Å². The van der Waals surface area contributed by atoms with Crippen molar-refractivity contribution in [2.45, 2.75) is 64.8 Å². The summed E-state index contributed by atoms with van der Waals surface area (Å²) in [6, 6.07) is 9.97. The lowest BCUT2D eigenvalue weighted by Crippen LogP contribution is -2.26. The van der Waals surface area contributed by atoms with Crippen LogP contribution in [0.1, 0.15) is 69.5 Å². The number of benzene rings is 1. The fourth-order valence-electron chi connectivity index (χ4n) is 3.34. The quantitative estimate of drug-likeness (QED) is 0.736. The number of nitrogens with one attached hydrogen (secondary N) is 1. The van der Waals surface area contributed by atoms with Gasteiger partial charge in [-0.2, -0.15) is 0 Å². The molecule has 1 aliphatic rings. The number of unbranched alkanes of at least 4 members (excludes halogenated alkanes) is 1. The van der Waals surface area contributed by atoms with Gasteiger partial charge in [-0.15, -0.1) is 0 Å². The zero-order chi connectivity index (χ0) is 13.5. The molecule has 1 unspecified atom stereocenters. The summed E-state index contributed by atoms with van der Waals surface area (Å²) < 4.78 is 0. The van der Waals surface area contributed by atoms with Crippen LogP contribution in [0.3, 0.4) is 0 Å². The van der Waals surface area contributed by atoms with Crippen molar-refractivity contribution in [2.75, 3.05) is 6.54 Å². The second-order valence-electron chi connectivity index (χ2n) is 5.93. The van der Waals surface area contributed by atoms with Gasteiger partial charge in [-0.05, 0) is 49.3 Å². The molecule has 1 aromatic rings. The molecule has 1 fully saturated rings. The highest BCUT2D eigenvalue weighted by Crippen LogP contribution is 2.35. The number of rotatable bonds is 7. The summed E-state index contributed by atoms with van der Waals surface area (Å²) in [4.78, 5) is 0. The molecule has 0 saturated heterocycles. The van der Waals surface area contributed by atoms with E-state index in [2.05, 4.69) is 43.4 Å². The first kappa shape index (κ1) is 14.6. The van der Waals surface area contributed by atoms with Crippen LogP contribution in [0.2, 0.25) is 0 Å². The molecule has 0 aromatic heterocycles. The fourth-order valence-corrected chi connectivity index (χ4v) is 3.34. The highest BCUT2D eigenvalue weighted by Gasteiger charge is 2.25. The predicted molar refractivity (Wildman–Crippen MR) is 83.4 cm³/mol. The third-order valence-corrected chi connectivity index (χ3v) is 4.45. The van der Waals surface area contributed by atoms with Gasteiger partial charge in [0.15, 0.2) is 0 Å². The Labute approximate surface area is 118 Å². The molecule has 1 heteroatoms. The number of hydrogen-bond acceptors (Lipinski definition) is 1. The smallest absolute Gasteiger partial charge is 0.0348 e. The molecule has 19 heavy (non-hydrogen) atoms. The van der Waals surface area contributed by atoms with Crippen LogP contribution in [0.5, 0.6) is 0 Å². The molecule has 1 nitrogen and oxygen atoms in total. The van der Waals surface area contributed by atoms with Crippen LogP contribution in [0.15, 0.2) is 24.3 Å². The minimum atomic E-state index is 0.577. The van der Waals surface area contributed by atoms with E-state index in [0.717, 1.165) is 12.5 Å². The molecule has 1 atom stereocenters. The van der Waals surface area contributed by atoms with E-state index >= 15 is 0 Å². The average molecular weight is 259 g/mol. The third kappa shape index (κ3) is 4.07. The van der Waals surface area contributed by atoms with Gasteiger partial charge in [0.2, 0.25) is 0 Å². The standard InChI is InChI=1S/C18H29N/c1-3-5-8-15-11-13-17(14-12-15)18(19-4-2)16-9-6-7-10-16/h11-14,16,18-19H,3-10H2,1-2H3. The van der Waals surface area contributed by atoms with Gasteiger partial charge in [0.1, 0.15) is 0 Å². The van der Waals surface area contributed by atoms with Crippen molar-refractivity contribution in [1.82, 2.24) is 5.32 Å². The molecular formula is C18H29N. The molecule has 0 amide bonds. The molecule has 0 spiro atoms. The summed E-state index contributed by atoms with van der Waals surface area (Å²) in [7, 11) is 0. The van der Waals surface area contributed by atoms with Crippen molar-refractivity contribution < 1.29 is 0 Å². The minimum absolute atomic E-state index is 0.577. The van der Waals surface area contributed by atoms with E-state index in [1.807, 2.05) is 0 Å². The van der Waals surface area contributed by atoms with E-state index < -0.39 is 0 Å². The van der Waals surface area contributed by atoms with Crippen LogP contribution < -0.4 is 5.32 Å². The fraction of sp³-hybridized carbons (Fsp3) is 0.667. The van der Waals surface area contributed by atoms with Crippen LogP contribution in [0.4, 0.5) is 0 Å². The van der Waals surface area contributed by atoms with Crippen molar-refractivity contribution in [3.63, 3.8) is 0 Å². The van der Waals surface area contributed by atoms with Gasteiger partial charge in [-0.1, -0.05) is 57.4 Å². The van der Waals surface area contributed by atoms with Crippen LogP contribution in [-0.2, 0) is 6.42 Å². The lowest BCUT2D eigenvalue weighted by Gasteiger charge is -2.25. The summed E-state index contributed by atoms with van der Waals surface area (Å²) in [5, 5.41) is 3.70. The molecule has 2 rings (SSSR count). The van der Waals surface area contributed by atoms with E-state index in [1.54, 1.807) is 0 Å². The van der Waals surface area contributed by atoms with E-state index in [0.29, 0.717) is 6.04 Å². The second-order valence-corrected chi connectivity index (χ2v) is 5.93. The molecule has 0 heterocycles. The van der Waals surface area contributed by atoms with Crippen molar-refractivity contribution in [1.29, 1.82) is 0 Å². The normalized spacial score (nSPS) is 17.8. The van der Waals surface area contributed by atoms with Gasteiger partial charge >= 0.3 is 0 Å². The first-order valence-corrected chi connectivity index (χ1v) is 8.17. The van der Waals surface area contributed by atoms with E-state index in [9.17, 15) is 0 Å². The van der Waals surface area contributed by atoms with Crippen molar-refractivity contribution >= 4 is 0 Å². The lowest BCUT2D eigenvalue weighted by atomic mass is 9.90. The maximum atomic E-state index is 3.70. The Morgan fingerprint density at radius 3 is 2.37 bits per heavy atom. The van der Waals surface area contributed by atoms with Gasteiger partial charge in [-0.3, -0.25) is 0 Å². The molecule has 1 N–H and O–H groups in total. The number of hydrogen-bond donors (Lipinski definition) is 1. The van der Waals surface area contributed by atoms with E-state index in [4.69, 9.17) is 0 Å². The Hall–Kier alpha value is -0.820. The number of aryl methyl sites for hydroxylation is 1. The summed E-state index contributed by atoms with van der Waals surface area (Å²) in [6.45, 7) is 5.55. The summed E-state index contributed by atoms with van der Waals surface area (Å²) >= 11 is 0. The molecule has 0 bridgehead atoms. The van der Waals surface area contributed by atoms with Crippen LogP contribution in [-0.4, -0.2) is 6.54 Å². The Bertz CT molecular complexity index is 348. The molecule has 106 valence electrons. The highest BCUT2D eigenvalue weighted by molar-refractivity contribution is 5.26. The lowest BCUT2D eigenvalue weighted by molar-refractivity contribution is 0.374. The van der Waals surface area contributed by atoms with Crippen molar-refractivity contribution in [3.05, 3.63) is 35.4 Å². The minimum Gasteiger partial charge on any atom is -0.310 e. The van der Waals surface area contributed by atoms with Gasteiger partial charge in [0.05, 0.1) is 0 Å².